The van der Waals surface area contributed by atoms with Crippen molar-refractivity contribution in [2.24, 2.45) is 5.92 Å². The van der Waals surface area contributed by atoms with Crippen molar-refractivity contribution in [3.05, 3.63) is 11.9 Å². The van der Waals surface area contributed by atoms with E-state index >= 15 is 0 Å². The predicted molar refractivity (Wildman–Crippen MR) is 119 cm³/mol. The molecule has 4 rings (SSSR count). The Morgan fingerprint density at radius 1 is 1.10 bits per heavy atom. The molecule has 166 valence electrons. The van der Waals surface area contributed by atoms with E-state index < -0.39 is 0 Å². The van der Waals surface area contributed by atoms with Crippen LogP contribution < -0.4 is 5.32 Å². The van der Waals surface area contributed by atoms with E-state index in [1.165, 1.54) is 32.2 Å². The first kappa shape index (κ1) is 24.4. The van der Waals surface area contributed by atoms with Crippen molar-refractivity contribution in [3.8, 4) is 0 Å². The summed E-state index contributed by atoms with van der Waals surface area (Å²) in [5, 5.41) is 11.8. The quantitative estimate of drug-likeness (QED) is 0.769. The molecule has 2 unspecified atom stereocenters. The van der Waals surface area contributed by atoms with Crippen molar-refractivity contribution in [1.29, 1.82) is 0 Å². The molecule has 4 heterocycles. The minimum atomic E-state index is 0. The first-order valence-corrected chi connectivity index (χ1v) is 10.9. The van der Waals surface area contributed by atoms with Gasteiger partial charge < -0.3 is 15.1 Å². The molecule has 3 aliphatic rings. The van der Waals surface area contributed by atoms with Gasteiger partial charge in [0.1, 0.15) is 0 Å². The zero-order chi connectivity index (χ0) is 18.6. The van der Waals surface area contributed by atoms with Gasteiger partial charge in [-0.2, -0.15) is 0 Å². The first-order valence-electron chi connectivity index (χ1n) is 10.9. The van der Waals surface area contributed by atoms with Gasteiger partial charge in [0.15, 0.2) is 5.69 Å². The van der Waals surface area contributed by atoms with Crippen molar-refractivity contribution in [1.82, 2.24) is 30.1 Å². The molecule has 0 aromatic carbocycles. The zero-order valence-electron chi connectivity index (χ0n) is 17.5. The second-order valence-electron chi connectivity index (χ2n) is 8.66. The van der Waals surface area contributed by atoms with E-state index in [0.717, 1.165) is 52.0 Å². The van der Waals surface area contributed by atoms with Crippen LogP contribution in [0.1, 0.15) is 68.4 Å². The topological polar surface area (TPSA) is 66.3 Å². The van der Waals surface area contributed by atoms with E-state index in [9.17, 15) is 4.79 Å². The van der Waals surface area contributed by atoms with E-state index in [-0.39, 0.29) is 30.7 Å². The van der Waals surface area contributed by atoms with E-state index in [0.29, 0.717) is 23.7 Å². The van der Waals surface area contributed by atoms with Gasteiger partial charge in [0.25, 0.3) is 5.91 Å². The highest BCUT2D eigenvalue weighted by atomic mass is 35.5. The van der Waals surface area contributed by atoms with Crippen LogP contribution in [0.5, 0.6) is 0 Å². The van der Waals surface area contributed by atoms with Gasteiger partial charge in [-0.15, -0.1) is 29.9 Å². The van der Waals surface area contributed by atoms with Crippen LogP contribution in [-0.4, -0.2) is 76.0 Å². The summed E-state index contributed by atoms with van der Waals surface area (Å²) in [6.07, 6.45) is 10.3. The van der Waals surface area contributed by atoms with Gasteiger partial charge in [0.05, 0.1) is 12.2 Å². The fraction of sp³-hybridized carbons (Fsp3) is 0.850. The molecule has 2 atom stereocenters. The molecule has 0 saturated carbocycles. The minimum Gasteiger partial charge on any atom is -0.337 e. The zero-order valence-corrected chi connectivity index (χ0v) is 19.1. The van der Waals surface area contributed by atoms with Crippen molar-refractivity contribution in [2.45, 2.75) is 64.0 Å². The normalized spacial score (nSPS) is 26.4. The number of aromatic nitrogens is 3. The Bertz CT molecular complexity index is 636. The molecular formula is C20H36Cl2N6O. The Kier molecular flexibility index (Phi) is 9.66. The molecule has 3 aliphatic heterocycles. The number of likely N-dealkylation sites (tertiary alicyclic amines) is 2. The fourth-order valence-corrected chi connectivity index (χ4v) is 4.95. The van der Waals surface area contributed by atoms with Gasteiger partial charge in [0.2, 0.25) is 0 Å². The number of piperidine rings is 3. The van der Waals surface area contributed by atoms with E-state index in [2.05, 4.69) is 27.5 Å². The summed E-state index contributed by atoms with van der Waals surface area (Å²) in [6, 6.07) is 1.06. The molecule has 0 radical (unpaired) electrons. The Labute approximate surface area is 186 Å². The maximum atomic E-state index is 13.0. The molecule has 3 fully saturated rings. The number of rotatable bonds is 4. The molecule has 0 spiro atoms. The maximum absolute atomic E-state index is 13.0. The molecule has 1 aromatic rings. The highest BCUT2D eigenvalue weighted by Crippen LogP contribution is 2.24. The Morgan fingerprint density at radius 3 is 2.66 bits per heavy atom. The summed E-state index contributed by atoms with van der Waals surface area (Å²) in [5.74, 6) is 0.647. The molecular weight excluding hydrogens is 411 g/mol. The van der Waals surface area contributed by atoms with E-state index in [4.69, 9.17) is 0 Å². The highest BCUT2D eigenvalue weighted by Gasteiger charge is 2.29. The van der Waals surface area contributed by atoms with Gasteiger partial charge in [-0.05, 0) is 71.0 Å². The summed E-state index contributed by atoms with van der Waals surface area (Å²) in [7, 11) is 0. The summed E-state index contributed by atoms with van der Waals surface area (Å²) in [4.78, 5) is 17.6. The van der Waals surface area contributed by atoms with Crippen molar-refractivity contribution < 1.29 is 4.79 Å². The molecule has 0 aliphatic carbocycles. The smallest absolute Gasteiger partial charge is 0.276 e. The van der Waals surface area contributed by atoms with Crippen LogP contribution in [0.15, 0.2) is 6.20 Å². The van der Waals surface area contributed by atoms with Crippen molar-refractivity contribution in [3.63, 3.8) is 0 Å². The number of amides is 1. The molecule has 1 aromatic heterocycles. The van der Waals surface area contributed by atoms with Crippen molar-refractivity contribution in [2.75, 3.05) is 39.3 Å². The standard InChI is InChI=1S/C20H34N6O.2ClH/c1-16-5-2-3-11-24(16)13-17-6-4-12-25(14-17)20(27)19-15-26(23-22-19)18-7-9-21-10-8-18;;/h15-18,21H,2-14H2,1H3;2*1H. The summed E-state index contributed by atoms with van der Waals surface area (Å²) >= 11 is 0. The van der Waals surface area contributed by atoms with E-state index in [1.54, 1.807) is 0 Å². The van der Waals surface area contributed by atoms with Gasteiger partial charge in [0, 0.05) is 25.7 Å². The number of nitrogens with zero attached hydrogens (tertiary/aromatic N) is 5. The van der Waals surface area contributed by atoms with Crippen LogP contribution in [0.4, 0.5) is 0 Å². The summed E-state index contributed by atoms with van der Waals surface area (Å²) in [6.45, 7) is 8.44. The molecule has 1 amide bonds. The van der Waals surface area contributed by atoms with Crippen molar-refractivity contribution >= 4 is 30.7 Å². The largest absolute Gasteiger partial charge is 0.337 e. The van der Waals surface area contributed by atoms with Crippen LogP contribution >= 0.6 is 24.8 Å². The third-order valence-corrected chi connectivity index (χ3v) is 6.65. The van der Waals surface area contributed by atoms with Gasteiger partial charge in [-0.1, -0.05) is 11.6 Å². The first-order chi connectivity index (χ1) is 13.2. The number of hydrogen-bond acceptors (Lipinski definition) is 5. The summed E-state index contributed by atoms with van der Waals surface area (Å²) < 4.78 is 1.91. The highest BCUT2D eigenvalue weighted by molar-refractivity contribution is 5.92. The summed E-state index contributed by atoms with van der Waals surface area (Å²) in [5.41, 5.74) is 0.514. The molecule has 0 bridgehead atoms. The number of carbonyl (C=O) groups excluding carboxylic acids is 1. The second kappa shape index (κ2) is 11.5. The third-order valence-electron chi connectivity index (χ3n) is 6.65. The van der Waals surface area contributed by atoms with Crippen LogP contribution in [-0.2, 0) is 0 Å². The van der Waals surface area contributed by atoms with Gasteiger partial charge >= 0.3 is 0 Å². The van der Waals surface area contributed by atoms with E-state index in [1.807, 2.05) is 15.8 Å². The second-order valence-corrected chi connectivity index (χ2v) is 8.66. The van der Waals surface area contributed by atoms with Crippen LogP contribution in [0.25, 0.3) is 0 Å². The molecule has 9 heteroatoms. The molecule has 7 nitrogen and oxygen atoms in total. The fourth-order valence-electron chi connectivity index (χ4n) is 4.95. The third kappa shape index (κ3) is 6.06. The van der Waals surface area contributed by atoms with Crippen LogP contribution in [0, 0.1) is 5.92 Å². The average Bonchev–Trinajstić information content (AvgIpc) is 3.20. The predicted octanol–water partition coefficient (Wildman–Crippen LogP) is 2.77. The number of hydrogen-bond donors (Lipinski definition) is 1. The van der Waals surface area contributed by atoms with Gasteiger partial charge in [-0.25, -0.2) is 4.68 Å². The SMILES string of the molecule is CC1CCCCN1CC1CCCN(C(=O)c2cn(C3CCNCC3)nn2)C1.Cl.Cl. The lowest BCUT2D eigenvalue weighted by Gasteiger charge is -2.39. The molecule has 1 N–H and O–H groups in total. The lowest BCUT2D eigenvalue weighted by molar-refractivity contribution is 0.0589. The number of nitrogens with one attached hydrogen (secondary N) is 1. The molecule has 3 saturated heterocycles. The van der Waals surface area contributed by atoms with Crippen LogP contribution in [0.2, 0.25) is 0 Å². The Morgan fingerprint density at radius 2 is 1.90 bits per heavy atom. The molecule has 29 heavy (non-hydrogen) atoms. The minimum absolute atomic E-state index is 0. The lowest BCUT2D eigenvalue weighted by Crippen LogP contribution is -2.46. The lowest BCUT2D eigenvalue weighted by atomic mass is 9.94. The number of carbonyl (C=O) groups is 1. The Hall–Kier alpha value is -0.890. The maximum Gasteiger partial charge on any atom is 0.276 e. The van der Waals surface area contributed by atoms with Gasteiger partial charge in [-0.3, -0.25) is 4.79 Å². The number of halogens is 2. The Balaban J connectivity index is 0.00000150. The average molecular weight is 447 g/mol. The van der Waals surface area contributed by atoms with Crippen LogP contribution in [0.3, 0.4) is 0 Å². The monoisotopic (exact) mass is 446 g/mol.